The van der Waals surface area contributed by atoms with Crippen molar-refractivity contribution in [3.8, 4) is 0 Å². The molecule has 0 aliphatic carbocycles. The molecule has 0 aliphatic heterocycles. The van der Waals surface area contributed by atoms with Gasteiger partial charge in [0.1, 0.15) is 0 Å². The molecule has 0 aromatic heterocycles. The summed E-state index contributed by atoms with van der Waals surface area (Å²) in [6, 6.07) is 18.9. The van der Waals surface area contributed by atoms with Gasteiger partial charge in [0, 0.05) is 11.3 Å². The van der Waals surface area contributed by atoms with Gasteiger partial charge in [-0.2, -0.15) is 0 Å². The van der Waals surface area contributed by atoms with Gasteiger partial charge in [-0.3, -0.25) is 9.10 Å². The third kappa shape index (κ3) is 6.02. The van der Waals surface area contributed by atoms with Gasteiger partial charge >= 0.3 is 5.97 Å². The highest BCUT2D eigenvalue weighted by Crippen LogP contribution is 2.24. The fourth-order valence-corrected chi connectivity index (χ4v) is 4.29. The molecule has 0 saturated carbocycles. The average molecular weight is 481 g/mol. The van der Waals surface area contributed by atoms with E-state index in [-0.39, 0.29) is 19.1 Å². The molecule has 8 heteroatoms. The van der Waals surface area contributed by atoms with Crippen LogP contribution in [0.15, 0.2) is 66.7 Å². The summed E-state index contributed by atoms with van der Waals surface area (Å²) >= 11 is 0. The number of sulfonamides is 1. The van der Waals surface area contributed by atoms with Crippen LogP contribution < -0.4 is 9.62 Å². The Labute approximate surface area is 200 Å². The topological polar surface area (TPSA) is 92.8 Å². The van der Waals surface area contributed by atoms with Crippen molar-refractivity contribution in [3.05, 3.63) is 94.5 Å². The van der Waals surface area contributed by atoms with Crippen molar-refractivity contribution in [2.45, 2.75) is 27.3 Å². The highest BCUT2D eigenvalue weighted by Gasteiger charge is 2.19. The number of anilines is 2. The third-order valence-corrected chi connectivity index (χ3v) is 6.53. The second kappa shape index (κ2) is 10.5. The maximum absolute atomic E-state index is 12.8. The Balaban J connectivity index is 1.81. The van der Waals surface area contributed by atoms with Crippen molar-refractivity contribution < 1.29 is 22.7 Å². The molecule has 7 nitrogen and oxygen atoms in total. The van der Waals surface area contributed by atoms with Gasteiger partial charge in [0.25, 0.3) is 5.91 Å². The molecule has 3 aromatic rings. The molecule has 178 valence electrons. The molecule has 0 fully saturated rings. The first kappa shape index (κ1) is 25.0. The van der Waals surface area contributed by atoms with Crippen LogP contribution in [0, 0.1) is 13.8 Å². The number of esters is 1. The zero-order chi connectivity index (χ0) is 24.9. The van der Waals surface area contributed by atoms with Crippen LogP contribution in [-0.2, 0) is 21.3 Å². The van der Waals surface area contributed by atoms with Crippen LogP contribution in [0.3, 0.4) is 0 Å². The summed E-state index contributed by atoms with van der Waals surface area (Å²) in [6.07, 6.45) is 1.16. The SMILES string of the molecule is CCOC(=O)c1ccc(C)c(NC(=O)c2ccc(N(Cc3ccccc3C)S(C)(=O)=O)cc2)c1. The van der Waals surface area contributed by atoms with Crippen LogP contribution in [0.2, 0.25) is 0 Å². The van der Waals surface area contributed by atoms with Crippen molar-refractivity contribution in [2.75, 3.05) is 22.5 Å². The molecule has 0 atom stereocenters. The maximum atomic E-state index is 12.8. The number of amides is 1. The second-order valence-electron chi connectivity index (χ2n) is 7.95. The van der Waals surface area contributed by atoms with Crippen LogP contribution in [0.1, 0.15) is 44.3 Å². The molecule has 3 aromatic carbocycles. The first-order chi connectivity index (χ1) is 16.1. The van der Waals surface area contributed by atoms with E-state index in [4.69, 9.17) is 4.74 Å². The minimum Gasteiger partial charge on any atom is -0.462 e. The molecular formula is C26H28N2O5S. The lowest BCUT2D eigenvalue weighted by atomic mass is 10.1. The molecule has 0 unspecified atom stereocenters. The molecule has 0 heterocycles. The molecule has 1 amide bonds. The largest absolute Gasteiger partial charge is 0.462 e. The molecule has 3 rings (SSSR count). The molecule has 0 spiro atoms. The van der Waals surface area contributed by atoms with Crippen molar-refractivity contribution in [1.82, 2.24) is 0 Å². The van der Waals surface area contributed by atoms with Gasteiger partial charge in [0.05, 0.1) is 30.7 Å². The normalized spacial score (nSPS) is 11.1. The number of nitrogens with zero attached hydrogens (tertiary/aromatic N) is 1. The predicted octanol–water partition coefficient (Wildman–Crippen LogP) is 4.70. The number of rotatable bonds is 8. The lowest BCUT2D eigenvalue weighted by Gasteiger charge is -2.23. The lowest BCUT2D eigenvalue weighted by Crippen LogP contribution is -2.29. The second-order valence-corrected chi connectivity index (χ2v) is 9.85. The summed E-state index contributed by atoms with van der Waals surface area (Å²) < 4.78 is 31.3. The van der Waals surface area contributed by atoms with Crippen molar-refractivity contribution >= 4 is 33.3 Å². The van der Waals surface area contributed by atoms with E-state index in [2.05, 4.69) is 5.32 Å². The van der Waals surface area contributed by atoms with E-state index in [0.29, 0.717) is 22.5 Å². The van der Waals surface area contributed by atoms with E-state index in [1.807, 2.05) is 38.1 Å². The summed E-state index contributed by atoms with van der Waals surface area (Å²) in [5.41, 5.74) is 4.34. The minimum atomic E-state index is -3.55. The first-order valence-electron chi connectivity index (χ1n) is 10.8. The minimum absolute atomic E-state index is 0.191. The number of carbonyl (C=O) groups is 2. The molecule has 0 saturated heterocycles. The van der Waals surface area contributed by atoms with Gasteiger partial charge in [-0.15, -0.1) is 0 Å². The lowest BCUT2D eigenvalue weighted by molar-refractivity contribution is 0.0526. The molecule has 0 aliphatic rings. The Kier molecular flexibility index (Phi) is 7.73. The Morgan fingerprint density at radius 3 is 2.18 bits per heavy atom. The highest BCUT2D eigenvalue weighted by molar-refractivity contribution is 7.92. The van der Waals surface area contributed by atoms with E-state index in [0.717, 1.165) is 22.9 Å². The monoisotopic (exact) mass is 480 g/mol. The van der Waals surface area contributed by atoms with Gasteiger partial charge in [-0.05, 0) is 73.9 Å². The van der Waals surface area contributed by atoms with Crippen molar-refractivity contribution in [3.63, 3.8) is 0 Å². The van der Waals surface area contributed by atoms with E-state index >= 15 is 0 Å². The molecule has 0 radical (unpaired) electrons. The zero-order valence-electron chi connectivity index (χ0n) is 19.7. The van der Waals surface area contributed by atoms with E-state index in [9.17, 15) is 18.0 Å². The summed E-state index contributed by atoms with van der Waals surface area (Å²) in [5.74, 6) is -0.836. The van der Waals surface area contributed by atoms with E-state index in [1.54, 1.807) is 49.4 Å². The number of nitrogens with one attached hydrogen (secondary N) is 1. The van der Waals surface area contributed by atoms with Gasteiger partial charge < -0.3 is 10.1 Å². The molecule has 0 bridgehead atoms. The van der Waals surface area contributed by atoms with Crippen molar-refractivity contribution in [2.24, 2.45) is 0 Å². The fraction of sp³-hybridized carbons (Fsp3) is 0.231. The Bertz CT molecular complexity index is 1300. The summed E-state index contributed by atoms with van der Waals surface area (Å²) in [5, 5.41) is 2.81. The summed E-state index contributed by atoms with van der Waals surface area (Å²) in [4.78, 5) is 24.8. The standard InChI is InChI=1S/C26H28N2O5S/c1-5-33-26(30)21-11-10-19(3)24(16-21)27-25(29)20-12-14-23(15-13-20)28(34(4,31)32)17-22-9-7-6-8-18(22)2/h6-16H,5,17H2,1-4H3,(H,27,29). The number of aryl methyl sites for hydroxylation is 2. The highest BCUT2D eigenvalue weighted by atomic mass is 32.2. The quantitative estimate of drug-likeness (QED) is 0.472. The van der Waals surface area contributed by atoms with Crippen LogP contribution in [0.5, 0.6) is 0 Å². The maximum Gasteiger partial charge on any atom is 0.338 e. The fourth-order valence-electron chi connectivity index (χ4n) is 3.41. The van der Waals surface area contributed by atoms with Crippen LogP contribution in [0.25, 0.3) is 0 Å². The smallest absolute Gasteiger partial charge is 0.338 e. The number of carbonyl (C=O) groups excluding carboxylic acids is 2. The Morgan fingerprint density at radius 2 is 1.56 bits per heavy atom. The first-order valence-corrected chi connectivity index (χ1v) is 12.7. The van der Waals surface area contributed by atoms with Gasteiger partial charge in [-0.1, -0.05) is 30.3 Å². The van der Waals surface area contributed by atoms with Crippen molar-refractivity contribution in [1.29, 1.82) is 0 Å². The summed E-state index contributed by atoms with van der Waals surface area (Å²) in [7, 11) is -3.55. The number of hydrogen-bond acceptors (Lipinski definition) is 5. The number of benzene rings is 3. The van der Waals surface area contributed by atoms with Gasteiger partial charge in [0.15, 0.2) is 0 Å². The zero-order valence-corrected chi connectivity index (χ0v) is 20.5. The number of ether oxygens (including phenoxy) is 1. The molecular weight excluding hydrogens is 452 g/mol. The van der Waals surface area contributed by atoms with E-state index in [1.165, 1.54) is 4.31 Å². The predicted molar refractivity (Wildman–Crippen MR) is 134 cm³/mol. The molecule has 34 heavy (non-hydrogen) atoms. The van der Waals surface area contributed by atoms with E-state index < -0.39 is 16.0 Å². The van der Waals surface area contributed by atoms with Crippen LogP contribution in [-0.4, -0.2) is 33.2 Å². The van der Waals surface area contributed by atoms with Crippen LogP contribution in [0.4, 0.5) is 11.4 Å². The van der Waals surface area contributed by atoms with Gasteiger partial charge in [0.2, 0.25) is 10.0 Å². The molecule has 1 N–H and O–H groups in total. The summed E-state index contributed by atoms with van der Waals surface area (Å²) in [6.45, 7) is 5.93. The van der Waals surface area contributed by atoms with Gasteiger partial charge in [-0.25, -0.2) is 13.2 Å². The number of hydrogen-bond donors (Lipinski definition) is 1. The Morgan fingerprint density at radius 1 is 0.912 bits per heavy atom. The average Bonchev–Trinajstić information content (AvgIpc) is 2.79. The Hall–Kier alpha value is -3.65. The third-order valence-electron chi connectivity index (χ3n) is 5.39. The van der Waals surface area contributed by atoms with Crippen LogP contribution >= 0.6 is 0 Å².